The molecule has 0 bridgehead atoms. The molecule has 21 heavy (non-hydrogen) atoms. The van der Waals surface area contributed by atoms with Crippen LogP contribution >= 0.6 is 11.3 Å². The summed E-state index contributed by atoms with van der Waals surface area (Å²) in [7, 11) is 1.42. The molecule has 0 atom stereocenters. The Morgan fingerprint density at radius 3 is 2.48 bits per heavy atom. The summed E-state index contributed by atoms with van der Waals surface area (Å²) < 4.78 is 6.02. The molecule has 0 saturated carbocycles. The first-order valence-electron chi connectivity index (χ1n) is 6.62. The molecule has 0 aliphatic rings. The number of ether oxygens (including phenoxy) is 1. The molecule has 0 amide bonds. The number of benzene rings is 2. The maximum absolute atomic E-state index is 12.1. The lowest BCUT2D eigenvalue weighted by atomic mass is 10.1. The van der Waals surface area contributed by atoms with Crippen LogP contribution < -0.4 is 0 Å². The molecule has 0 unspecified atom stereocenters. The van der Waals surface area contributed by atoms with E-state index in [1.54, 1.807) is 11.3 Å². The fourth-order valence-electron chi connectivity index (χ4n) is 2.23. The molecule has 0 N–H and O–H groups in total. The summed E-state index contributed by atoms with van der Waals surface area (Å²) in [6.45, 7) is 0. The zero-order chi connectivity index (χ0) is 14.7. The first kappa shape index (κ1) is 13.6. The number of hydrogen-bond donors (Lipinski definition) is 0. The predicted octanol–water partition coefficient (Wildman–Crippen LogP) is 4.86. The smallest absolute Gasteiger partial charge is 0.339 e. The topological polar surface area (TPSA) is 26.3 Å². The third kappa shape index (κ3) is 2.73. The Hall–Kier alpha value is -2.39. The average molecular weight is 294 g/mol. The van der Waals surface area contributed by atoms with Crippen molar-refractivity contribution in [3.8, 4) is 0 Å². The van der Waals surface area contributed by atoms with Crippen LogP contribution in [-0.2, 0) is 4.74 Å². The van der Waals surface area contributed by atoms with Crippen LogP contribution in [0.25, 0.3) is 22.2 Å². The largest absolute Gasteiger partial charge is 0.465 e. The Morgan fingerprint density at radius 1 is 1.00 bits per heavy atom. The lowest BCUT2D eigenvalue weighted by Crippen LogP contribution is -2.01. The molecule has 3 aromatic rings. The molecule has 0 radical (unpaired) electrons. The quantitative estimate of drug-likeness (QED) is 0.645. The molecule has 1 aromatic heterocycles. The lowest BCUT2D eigenvalue weighted by molar-refractivity contribution is 0.0603. The van der Waals surface area contributed by atoms with Crippen LogP contribution in [-0.4, -0.2) is 13.1 Å². The molecule has 3 rings (SSSR count). The Kier molecular flexibility index (Phi) is 3.84. The van der Waals surface area contributed by atoms with E-state index in [1.165, 1.54) is 7.11 Å². The fraction of sp³-hybridized carbons (Fsp3) is 0.0556. The van der Waals surface area contributed by atoms with Gasteiger partial charge in [0, 0.05) is 15.0 Å². The van der Waals surface area contributed by atoms with E-state index in [1.807, 2.05) is 66.7 Å². The van der Waals surface area contributed by atoms with Gasteiger partial charge in [0.1, 0.15) is 0 Å². The van der Waals surface area contributed by atoms with E-state index in [-0.39, 0.29) is 5.97 Å². The molecular weight excluding hydrogens is 280 g/mol. The van der Waals surface area contributed by atoms with Crippen LogP contribution in [0.3, 0.4) is 0 Å². The van der Waals surface area contributed by atoms with Crippen LogP contribution in [0.4, 0.5) is 0 Å². The second-order valence-electron chi connectivity index (χ2n) is 4.57. The fourth-order valence-corrected chi connectivity index (χ4v) is 3.33. The zero-order valence-corrected chi connectivity index (χ0v) is 12.4. The van der Waals surface area contributed by atoms with E-state index >= 15 is 0 Å². The van der Waals surface area contributed by atoms with E-state index < -0.39 is 0 Å². The first-order chi connectivity index (χ1) is 10.3. The highest BCUT2D eigenvalue weighted by atomic mass is 32.1. The maximum atomic E-state index is 12.1. The Labute approximate surface area is 127 Å². The van der Waals surface area contributed by atoms with Gasteiger partial charge in [-0.1, -0.05) is 54.6 Å². The minimum absolute atomic E-state index is 0.292. The number of fused-ring (bicyclic) bond motifs is 1. The number of esters is 1. The van der Waals surface area contributed by atoms with Gasteiger partial charge in [-0.25, -0.2) is 4.79 Å². The highest BCUT2D eigenvalue weighted by Crippen LogP contribution is 2.33. The Morgan fingerprint density at radius 2 is 1.71 bits per heavy atom. The van der Waals surface area contributed by atoms with Crippen molar-refractivity contribution in [2.24, 2.45) is 0 Å². The third-order valence-electron chi connectivity index (χ3n) is 3.24. The van der Waals surface area contributed by atoms with Crippen molar-refractivity contribution < 1.29 is 9.53 Å². The van der Waals surface area contributed by atoms with Crippen LogP contribution in [0, 0.1) is 0 Å². The number of carbonyl (C=O) groups is 1. The van der Waals surface area contributed by atoms with E-state index in [0.717, 1.165) is 20.5 Å². The van der Waals surface area contributed by atoms with Crippen LogP contribution in [0.2, 0.25) is 0 Å². The normalized spacial score (nSPS) is 11.1. The lowest BCUT2D eigenvalue weighted by Gasteiger charge is -1.99. The van der Waals surface area contributed by atoms with Crippen molar-refractivity contribution in [2.45, 2.75) is 0 Å². The molecule has 0 fully saturated rings. The predicted molar refractivity (Wildman–Crippen MR) is 88.5 cm³/mol. The summed E-state index contributed by atoms with van der Waals surface area (Å²) >= 11 is 1.60. The SMILES string of the molecule is COC(=O)c1c(/C=C/c2ccccc2)sc2ccccc12. The van der Waals surface area contributed by atoms with Gasteiger partial charge in [0.15, 0.2) is 0 Å². The van der Waals surface area contributed by atoms with Crippen molar-refractivity contribution in [3.63, 3.8) is 0 Å². The monoisotopic (exact) mass is 294 g/mol. The molecule has 104 valence electrons. The van der Waals surface area contributed by atoms with Gasteiger partial charge < -0.3 is 4.74 Å². The first-order valence-corrected chi connectivity index (χ1v) is 7.44. The van der Waals surface area contributed by atoms with Gasteiger partial charge in [0.05, 0.1) is 12.7 Å². The Balaban J connectivity index is 2.09. The minimum Gasteiger partial charge on any atom is -0.465 e. The summed E-state index contributed by atoms with van der Waals surface area (Å²) in [6.07, 6.45) is 3.99. The molecule has 3 heteroatoms. The van der Waals surface area contributed by atoms with E-state index in [9.17, 15) is 4.79 Å². The van der Waals surface area contributed by atoms with Gasteiger partial charge in [-0.15, -0.1) is 11.3 Å². The second kappa shape index (κ2) is 5.94. The van der Waals surface area contributed by atoms with Crippen molar-refractivity contribution >= 4 is 39.5 Å². The molecule has 0 saturated heterocycles. The highest BCUT2D eigenvalue weighted by molar-refractivity contribution is 7.20. The average Bonchev–Trinajstić information content (AvgIpc) is 2.91. The summed E-state index contributed by atoms with van der Waals surface area (Å²) in [6, 6.07) is 17.9. The van der Waals surface area contributed by atoms with Crippen molar-refractivity contribution in [2.75, 3.05) is 7.11 Å². The number of hydrogen-bond acceptors (Lipinski definition) is 3. The molecular formula is C18H14O2S. The molecule has 2 nitrogen and oxygen atoms in total. The third-order valence-corrected chi connectivity index (χ3v) is 4.37. The molecule has 1 heterocycles. The van der Waals surface area contributed by atoms with Gasteiger partial charge in [-0.2, -0.15) is 0 Å². The zero-order valence-electron chi connectivity index (χ0n) is 11.6. The minimum atomic E-state index is -0.292. The van der Waals surface area contributed by atoms with E-state index in [0.29, 0.717) is 5.56 Å². The van der Waals surface area contributed by atoms with Gasteiger partial charge in [0.25, 0.3) is 0 Å². The van der Waals surface area contributed by atoms with Gasteiger partial charge >= 0.3 is 5.97 Å². The van der Waals surface area contributed by atoms with Crippen LogP contribution in [0.5, 0.6) is 0 Å². The molecule has 0 aliphatic carbocycles. The number of rotatable bonds is 3. The molecule has 2 aromatic carbocycles. The van der Waals surface area contributed by atoms with Gasteiger partial charge in [0.2, 0.25) is 0 Å². The summed E-state index contributed by atoms with van der Waals surface area (Å²) in [4.78, 5) is 13.0. The highest BCUT2D eigenvalue weighted by Gasteiger charge is 2.17. The van der Waals surface area contributed by atoms with Gasteiger partial charge in [-0.3, -0.25) is 0 Å². The molecule has 0 spiro atoms. The van der Waals surface area contributed by atoms with Crippen LogP contribution in [0.1, 0.15) is 20.8 Å². The number of thiophene rings is 1. The summed E-state index contributed by atoms with van der Waals surface area (Å²) in [5.74, 6) is -0.292. The van der Waals surface area contributed by atoms with Crippen molar-refractivity contribution in [3.05, 3.63) is 70.6 Å². The number of methoxy groups -OCH3 is 1. The maximum Gasteiger partial charge on any atom is 0.339 e. The van der Waals surface area contributed by atoms with Crippen molar-refractivity contribution in [1.82, 2.24) is 0 Å². The van der Waals surface area contributed by atoms with Crippen LogP contribution in [0.15, 0.2) is 54.6 Å². The summed E-state index contributed by atoms with van der Waals surface area (Å²) in [5.41, 5.74) is 1.75. The standard InChI is InChI=1S/C18H14O2S/c1-20-18(19)17-14-9-5-6-10-15(14)21-16(17)12-11-13-7-3-2-4-8-13/h2-12H,1H3/b12-11+. The molecule has 0 aliphatic heterocycles. The number of carbonyl (C=O) groups excluding carboxylic acids is 1. The second-order valence-corrected chi connectivity index (χ2v) is 5.66. The van der Waals surface area contributed by atoms with E-state index in [2.05, 4.69) is 0 Å². The van der Waals surface area contributed by atoms with E-state index in [4.69, 9.17) is 4.74 Å². The van der Waals surface area contributed by atoms with Gasteiger partial charge in [-0.05, 0) is 17.7 Å². The Bertz CT molecular complexity index is 800. The van der Waals surface area contributed by atoms with Crippen molar-refractivity contribution in [1.29, 1.82) is 0 Å². The summed E-state index contributed by atoms with van der Waals surface area (Å²) in [5, 5.41) is 0.946.